The molecule has 0 aromatic heterocycles. The molecule has 0 spiro atoms. The zero-order valence-corrected chi connectivity index (χ0v) is 13.1. The van der Waals surface area contributed by atoms with Gasteiger partial charge < -0.3 is 5.73 Å². The molecule has 1 atom stereocenters. The fourth-order valence-electron chi connectivity index (χ4n) is 1.90. The average molecular weight is 299 g/mol. The Morgan fingerprint density at radius 3 is 2.55 bits per heavy atom. The third kappa shape index (κ3) is 5.58. The van der Waals surface area contributed by atoms with Crippen molar-refractivity contribution in [1.82, 2.24) is 9.03 Å². The maximum absolute atomic E-state index is 11.9. The van der Waals surface area contributed by atoms with Gasteiger partial charge in [0, 0.05) is 20.1 Å². The highest BCUT2D eigenvalue weighted by Crippen LogP contribution is 2.17. The van der Waals surface area contributed by atoms with Crippen LogP contribution in [-0.2, 0) is 10.2 Å². The van der Waals surface area contributed by atoms with Gasteiger partial charge in [0.05, 0.1) is 0 Å². The van der Waals surface area contributed by atoms with Gasteiger partial charge in [-0.15, -0.1) is 0 Å². The van der Waals surface area contributed by atoms with Gasteiger partial charge in [-0.3, -0.25) is 0 Å². The summed E-state index contributed by atoms with van der Waals surface area (Å²) in [7, 11) is -1.81. The number of benzene rings is 1. The first-order valence-corrected chi connectivity index (χ1v) is 8.37. The number of hydrogen-bond acceptors (Lipinski definition) is 3. The number of nitrogens with one attached hydrogen (secondary N) is 1. The van der Waals surface area contributed by atoms with E-state index in [1.807, 2.05) is 18.2 Å². The minimum absolute atomic E-state index is 0.327. The molecule has 0 bridgehead atoms. The summed E-state index contributed by atoms with van der Waals surface area (Å²) in [6, 6.07) is 10.1. The molecule has 0 saturated carbocycles. The lowest BCUT2D eigenvalue weighted by atomic mass is 9.98. The number of nitrogens with zero attached hydrogens (tertiary/aromatic N) is 1. The first-order valence-electron chi connectivity index (χ1n) is 6.93. The summed E-state index contributed by atoms with van der Waals surface area (Å²) in [5, 5.41) is 0. The Labute approximate surface area is 122 Å². The Kier molecular flexibility index (Phi) is 7.15. The first-order chi connectivity index (χ1) is 9.47. The summed E-state index contributed by atoms with van der Waals surface area (Å²) < 4.78 is 27.8. The normalized spacial score (nSPS) is 13.6. The molecule has 1 unspecified atom stereocenters. The van der Waals surface area contributed by atoms with Crippen LogP contribution in [0.3, 0.4) is 0 Å². The van der Waals surface area contributed by atoms with E-state index in [4.69, 9.17) is 5.73 Å². The van der Waals surface area contributed by atoms with Crippen LogP contribution in [0.25, 0.3) is 0 Å². The van der Waals surface area contributed by atoms with Crippen molar-refractivity contribution in [3.05, 3.63) is 35.9 Å². The van der Waals surface area contributed by atoms with Crippen LogP contribution in [0.2, 0.25) is 0 Å². The van der Waals surface area contributed by atoms with Crippen molar-refractivity contribution >= 4 is 10.2 Å². The van der Waals surface area contributed by atoms with E-state index < -0.39 is 10.2 Å². The van der Waals surface area contributed by atoms with E-state index in [0.29, 0.717) is 32.0 Å². The monoisotopic (exact) mass is 299 g/mol. The standard InChI is InChI=1S/C14H25N3O2S/c1-13(14-7-4-3-5-8-14)9-11-16-20(18,19)17(2)12-6-10-15/h3-5,7-8,13,16H,6,9-12,15H2,1-2H3. The van der Waals surface area contributed by atoms with Crippen LogP contribution in [0.4, 0.5) is 0 Å². The molecular formula is C14H25N3O2S. The van der Waals surface area contributed by atoms with Crippen molar-refractivity contribution in [3.63, 3.8) is 0 Å². The molecule has 5 nitrogen and oxygen atoms in total. The largest absolute Gasteiger partial charge is 0.330 e. The van der Waals surface area contributed by atoms with Gasteiger partial charge in [-0.25, -0.2) is 4.72 Å². The molecule has 0 aliphatic rings. The van der Waals surface area contributed by atoms with Gasteiger partial charge in [-0.05, 0) is 30.9 Å². The average Bonchev–Trinajstić information content (AvgIpc) is 2.45. The van der Waals surface area contributed by atoms with Gasteiger partial charge in [0.25, 0.3) is 10.2 Å². The van der Waals surface area contributed by atoms with E-state index in [2.05, 4.69) is 23.8 Å². The van der Waals surface area contributed by atoms with E-state index in [-0.39, 0.29) is 0 Å². The van der Waals surface area contributed by atoms with Crippen molar-refractivity contribution < 1.29 is 8.42 Å². The van der Waals surface area contributed by atoms with Gasteiger partial charge in [0.15, 0.2) is 0 Å². The van der Waals surface area contributed by atoms with Crippen molar-refractivity contribution in [1.29, 1.82) is 0 Å². The summed E-state index contributed by atoms with van der Waals surface area (Å²) in [4.78, 5) is 0. The molecule has 0 heterocycles. The number of nitrogens with two attached hydrogens (primary N) is 1. The molecule has 1 aromatic rings. The van der Waals surface area contributed by atoms with Gasteiger partial charge in [0.1, 0.15) is 0 Å². The quantitative estimate of drug-likeness (QED) is 0.721. The highest BCUT2D eigenvalue weighted by atomic mass is 32.2. The van der Waals surface area contributed by atoms with Crippen LogP contribution in [-0.4, -0.2) is 39.4 Å². The molecule has 6 heteroatoms. The second-order valence-corrected chi connectivity index (χ2v) is 6.83. The molecule has 0 saturated heterocycles. The SMILES string of the molecule is CC(CCNS(=O)(=O)N(C)CCCN)c1ccccc1. The van der Waals surface area contributed by atoms with Crippen molar-refractivity contribution in [3.8, 4) is 0 Å². The predicted octanol–water partition coefficient (Wildman–Crippen LogP) is 1.30. The Morgan fingerprint density at radius 2 is 1.95 bits per heavy atom. The molecule has 3 N–H and O–H groups in total. The molecule has 0 fully saturated rings. The molecule has 20 heavy (non-hydrogen) atoms. The molecule has 1 rings (SSSR count). The van der Waals surface area contributed by atoms with E-state index >= 15 is 0 Å². The van der Waals surface area contributed by atoms with Crippen LogP contribution in [0.5, 0.6) is 0 Å². The third-order valence-corrected chi connectivity index (χ3v) is 4.89. The lowest BCUT2D eigenvalue weighted by Crippen LogP contribution is -2.39. The maximum atomic E-state index is 11.9. The highest BCUT2D eigenvalue weighted by Gasteiger charge is 2.16. The molecular weight excluding hydrogens is 274 g/mol. The minimum atomic E-state index is -3.38. The lowest BCUT2D eigenvalue weighted by molar-refractivity contribution is 0.451. The van der Waals surface area contributed by atoms with Crippen LogP contribution in [0.15, 0.2) is 30.3 Å². The number of hydrogen-bond donors (Lipinski definition) is 2. The van der Waals surface area contributed by atoms with E-state index in [0.717, 1.165) is 6.42 Å². The minimum Gasteiger partial charge on any atom is -0.330 e. The molecule has 114 valence electrons. The molecule has 1 aromatic carbocycles. The van der Waals surface area contributed by atoms with Crippen LogP contribution < -0.4 is 10.5 Å². The zero-order valence-electron chi connectivity index (χ0n) is 12.2. The fourth-order valence-corrected chi connectivity index (χ4v) is 2.86. The Hall–Kier alpha value is -0.950. The Bertz CT molecular complexity index is 476. The van der Waals surface area contributed by atoms with Crippen LogP contribution in [0.1, 0.15) is 31.2 Å². The van der Waals surface area contributed by atoms with Gasteiger partial charge in [0.2, 0.25) is 0 Å². The van der Waals surface area contributed by atoms with Crippen LogP contribution in [0, 0.1) is 0 Å². The van der Waals surface area contributed by atoms with E-state index in [9.17, 15) is 8.42 Å². The second-order valence-electron chi connectivity index (χ2n) is 4.96. The molecule has 0 aliphatic carbocycles. The van der Waals surface area contributed by atoms with Crippen molar-refractivity contribution in [2.45, 2.75) is 25.7 Å². The number of rotatable bonds is 9. The smallest absolute Gasteiger partial charge is 0.279 e. The second kappa shape index (κ2) is 8.36. The van der Waals surface area contributed by atoms with Crippen molar-refractivity contribution in [2.24, 2.45) is 5.73 Å². The lowest BCUT2D eigenvalue weighted by Gasteiger charge is -2.18. The molecule has 0 aliphatic heterocycles. The van der Waals surface area contributed by atoms with Gasteiger partial charge >= 0.3 is 0 Å². The molecule has 0 radical (unpaired) electrons. The zero-order chi connectivity index (χ0) is 15.0. The Balaban J connectivity index is 2.39. The Morgan fingerprint density at radius 1 is 1.30 bits per heavy atom. The van der Waals surface area contributed by atoms with Gasteiger partial charge in [-0.2, -0.15) is 12.7 Å². The third-order valence-electron chi connectivity index (χ3n) is 3.32. The maximum Gasteiger partial charge on any atom is 0.279 e. The van der Waals surface area contributed by atoms with E-state index in [1.54, 1.807) is 7.05 Å². The summed E-state index contributed by atoms with van der Waals surface area (Å²) in [5.41, 5.74) is 6.61. The van der Waals surface area contributed by atoms with Crippen LogP contribution >= 0.6 is 0 Å². The first kappa shape index (κ1) is 17.1. The topological polar surface area (TPSA) is 75.4 Å². The summed E-state index contributed by atoms with van der Waals surface area (Å²) in [6.45, 7) is 3.47. The summed E-state index contributed by atoms with van der Waals surface area (Å²) in [6.07, 6.45) is 1.44. The summed E-state index contributed by atoms with van der Waals surface area (Å²) in [5.74, 6) is 0.327. The molecule has 0 amide bonds. The van der Waals surface area contributed by atoms with E-state index in [1.165, 1.54) is 9.87 Å². The van der Waals surface area contributed by atoms with Gasteiger partial charge in [-0.1, -0.05) is 37.3 Å². The van der Waals surface area contributed by atoms with Crippen molar-refractivity contribution in [2.75, 3.05) is 26.7 Å². The summed E-state index contributed by atoms with van der Waals surface area (Å²) >= 11 is 0. The fraction of sp³-hybridized carbons (Fsp3) is 0.571. The highest BCUT2D eigenvalue weighted by molar-refractivity contribution is 7.87. The predicted molar refractivity (Wildman–Crippen MR) is 82.7 cm³/mol.